The SMILES string of the molecule is CC(C)=C[C@@H]1[C@H](C(=O)Nc2ccc(-c3nccs3)cc2)C1(C)C. The molecule has 0 saturated heterocycles. The van der Waals surface area contributed by atoms with Crippen LogP contribution >= 0.6 is 11.3 Å². The third-order valence-corrected chi connectivity index (χ3v) is 5.36. The predicted molar refractivity (Wildman–Crippen MR) is 96.4 cm³/mol. The van der Waals surface area contributed by atoms with Crippen LogP contribution in [0.3, 0.4) is 0 Å². The van der Waals surface area contributed by atoms with Gasteiger partial charge in [0.15, 0.2) is 0 Å². The molecular weight excluding hydrogens is 304 g/mol. The van der Waals surface area contributed by atoms with Crippen LogP contribution in [0.1, 0.15) is 27.7 Å². The van der Waals surface area contributed by atoms with Gasteiger partial charge in [-0.2, -0.15) is 0 Å². The molecule has 1 fully saturated rings. The molecule has 3 nitrogen and oxygen atoms in total. The number of nitrogens with zero attached hydrogens (tertiary/aromatic N) is 1. The Hall–Kier alpha value is -1.94. The Labute approximate surface area is 141 Å². The quantitative estimate of drug-likeness (QED) is 0.805. The maximum atomic E-state index is 12.5. The number of allylic oxidation sites excluding steroid dienone is 2. The standard InChI is InChI=1S/C19H22N2OS/c1-12(2)11-15-16(19(15,3)4)17(22)21-14-7-5-13(6-8-14)18-20-9-10-23-18/h5-11,15-16H,1-4H3,(H,21,22)/t15-,16-/m1/s1. The summed E-state index contributed by atoms with van der Waals surface area (Å²) in [6.07, 6.45) is 4.02. The topological polar surface area (TPSA) is 42.0 Å². The van der Waals surface area contributed by atoms with Crippen molar-refractivity contribution < 1.29 is 4.79 Å². The summed E-state index contributed by atoms with van der Waals surface area (Å²) in [4.78, 5) is 16.8. The van der Waals surface area contributed by atoms with Crippen LogP contribution in [0.25, 0.3) is 10.6 Å². The average Bonchev–Trinajstić information content (AvgIpc) is 2.88. The van der Waals surface area contributed by atoms with E-state index in [4.69, 9.17) is 0 Å². The Kier molecular flexibility index (Phi) is 4.11. The molecular formula is C19H22N2OS. The van der Waals surface area contributed by atoms with Gasteiger partial charge in [0.25, 0.3) is 0 Å². The van der Waals surface area contributed by atoms with E-state index in [0.29, 0.717) is 5.92 Å². The maximum Gasteiger partial charge on any atom is 0.228 e. The number of carbonyl (C=O) groups excluding carboxylic acids is 1. The summed E-state index contributed by atoms with van der Waals surface area (Å²) in [5.41, 5.74) is 3.23. The Morgan fingerprint density at radius 2 is 1.96 bits per heavy atom. The third-order valence-electron chi connectivity index (χ3n) is 4.54. The first-order valence-electron chi connectivity index (χ1n) is 7.85. The van der Waals surface area contributed by atoms with E-state index in [1.54, 1.807) is 17.5 Å². The zero-order valence-electron chi connectivity index (χ0n) is 14.0. The number of anilines is 1. The van der Waals surface area contributed by atoms with Crippen LogP contribution in [0.5, 0.6) is 0 Å². The number of hydrogen-bond donors (Lipinski definition) is 1. The van der Waals surface area contributed by atoms with Gasteiger partial charge >= 0.3 is 0 Å². The van der Waals surface area contributed by atoms with E-state index in [1.807, 2.05) is 29.6 Å². The maximum absolute atomic E-state index is 12.5. The molecule has 0 radical (unpaired) electrons. The number of carbonyl (C=O) groups is 1. The highest BCUT2D eigenvalue weighted by Gasteiger charge is 2.60. The second kappa shape index (κ2) is 5.93. The first kappa shape index (κ1) is 15.9. The van der Waals surface area contributed by atoms with Crippen LogP contribution in [-0.2, 0) is 4.79 Å². The van der Waals surface area contributed by atoms with Crippen LogP contribution < -0.4 is 5.32 Å². The van der Waals surface area contributed by atoms with Gasteiger partial charge in [0, 0.05) is 22.8 Å². The van der Waals surface area contributed by atoms with Gasteiger partial charge in [-0.3, -0.25) is 4.79 Å². The predicted octanol–water partition coefficient (Wildman–Crippen LogP) is 4.99. The molecule has 2 atom stereocenters. The molecule has 0 aliphatic heterocycles. The van der Waals surface area contributed by atoms with Gasteiger partial charge in [0.1, 0.15) is 5.01 Å². The minimum atomic E-state index is 0.0438. The van der Waals surface area contributed by atoms with Crippen molar-refractivity contribution in [1.29, 1.82) is 0 Å². The van der Waals surface area contributed by atoms with Crippen LogP contribution in [0, 0.1) is 17.3 Å². The Balaban J connectivity index is 1.68. The summed E-state index contributed by atoms with van der Waals surface area (Å²) in [7, 11) is 0. The monoisotopic (exact) mass is 326 g/mol. The number of rotatable bonds is 4. The average molecular weight is 326 g/mol. The van der Waals surface area contributed by atoms with E-state index in [9.17, 15) is 4.79 Å². The Morgan fingerprint density at radius 3 is 2.52 bits per heavy atom. The molecule has 120 valence electrons. The van der Waals surface area contributed by atoms with Gasteiger partial charge in [-0.25, -0.2) is 4.98 Å². The fourth-order valence-electron chi connectivity index (χ4n) is 3.13. The van der Waals surface area contributed by atoms with Crippen molar-refractivity contribution in [3.8, 4) is 10.6 Å². The van der Waals surface area contributed by atoms with Crippen molar-refractivity contribution in [3.63, 3.8) is 0 Å². The summed E-state index contributed by atoms with van der Waals surface area (Å²) < 4.78 is 0. The van der Waals surface area contributed by atoms with Gasteiger partial charge in [-0.15, -0.1) is 11.3 Å². The second-order valence-electron chi connectivity index (χ2n) is 6.97. The first-order chi connectivity index (χ1) is 10.9. The molecule has 1 N–H and O–H groups in total. The number of benzene rings is 1. The molecule has 1 heterocycles. The van der Waals surface area contributed by atoms with Crippen molar-refractivity contribution in [2.45, 2.75) is 27.7 Å². The molecule has 1 aliphatic carbocycles. The smallest absolute Gasteiger partial charge is 0.228 e. The van der Waals surface area contributed by atoms with Crippen LogP contribution in [0.4, 0.5) is 5.69 Å². The molecule has 1 amide bonds. The molecule has 1 aromatic carbocycles. The van der Waals surface area contributed by atoms with Gasteiger partial charge in [0.05, 0.1) is 5.92 Å². The molecule has 0 bridgehead atoms. The van der Waals surface area contributed by atoms with E-state index in [2.05, 4.69) is 44.1 Å². The lowest BCUT2D eigenvalue weighted by molar-refractivity contribution is -0.118. The van der Waals surface area contributed by atoms with Crippen molar-refractivity contribution in [1.82, 2.24) is 4.98 Å². The molecule has 2 aromatic rings. The first-order valence-corrected chi connectivity index (χ1v) is 8.73. The molecule has 0 unspecified atom stereocenters. The fourth-order valence-corrected chi connectivity index (χ4v) is 3.78. The third kappa shape index (κ3) is 3.22. The van der Waals surface area contributed by atoms with Gasteiger partial charge in [-0.1, -0.05) is 25.5 Å². The van der Waals surface area contributed by atoms with Crippen molar-refractivity contribution in [2.24, 2.45) is 17.3 Å². The molecule has 0 spiro atoms. The minimum Gasteiger partial charge on any atom is -0.326 e. The number of amides is 1. The molecule has 3 rings (SSSR count). The highest BCUT2D eigenvalue weighted by molar-refractivity contribution is 7.13. The van der Waals surface area contributed by atoms with E-state index in [-0.39, 0.29) is 17.2 Å². The molecule has 4 heteroatoms. The van der Waals surface area contributed by atoms with Crippen molar-refractivity contribution >= 4 is 22.9 Å². The summed E-state index contributed by atoms with van der Waals surface area (Å²) in [5, 5.41) is 6.01. The van der Waals surface area contributed by atoms with E-state index < -0.39 is 0 Å². The number of aromatic nitrogens is 1. The zero-order valence-corrected chi connectivity index (χ0v) is 14.8. The summed E-state index contributed by atoms with van der Waals surface area (Å²) in [5.74, 6) is 0.498. The van der Waals surface area contributed by atoms with Crippen molar-refractivity contribution in [3.05, 3.63) is 47.5 Å². The fraction of sp³-hybridized carbons (Fsp3) is 0.368. The normalized spacial score (nSPS) is 21.6. The number of hydrogen-bond acceptors (Lipinski definition) is 3. The lowest BCUT2D eigenvalue weighted by atomic mass is 10.1. The van der Waals surface area contributed by atoms with E-state index in [1.165, 1.54) is 5.57 Å². The van der Waals surface area contributed by atoms with Gasteiger partial charge < -0.3 is 5.32 Å². The summed E-state index contributed by atoms with van der Waals surface area (Å²) in [6, 6.07) is 7.89. The largest absolute Gasteiger partial charge is 0.326 e. The van der Waals surface area contributed by atoms with Gasteiger partial charge in [0.2, 0.25) is 5.91 Å². The van der Waals surface area contributed by atoms with E-state index >= 15 is 0 Å². The van der Waals surface area contributed by atoms with E-state index in [0.717, 1.165) is 16.3 Å². The summed E-state index contributed by atoms with van der Waals surface area (Å²) >= 11 is 1.61. The van der Waals surface area contributed by atoms with Gasteiger partial charge in [-0.05, 0) is 49.4 Å². The number of nitrogens with one attached hydrogen (secondary N) is 1. The molecule has 1 aromatic heterocycles. The van der Waals surface area contributed by atoms with Crippen molar-refractivity contribution in [2.75, 3.05) is 5.32 Å². The highest BCUT2D eigenvalue weighted by Crippen LogP contribution is 2.59. The second-order valence-corrected chi connectivity index (χ2v) is 7.87. The highest BCUT2D eigenvalue weighted by atomic mass is 32.1. The molecule has 1 aliphatic rings. The van der Waals surface area contributed by atoms with Crippen LogP contribution in [-0.4, -0.2) is 10.9 Å². The lowest BCUT2D eigenvalue weighted by Crippen LogP contribution is -2.16. The van der Waals surface area contributed by atoms with Crippen LogP contribution in [0.2, 0.25) is 0 Å². The molecule has 1 saturated carbocycles. The molecule has 23 heavy (non-hydrogen) atoms. The van der Waals surface area contributed by atoms with Crippen LogP contribution in [0.15, 0.2) is 47.5 Å². The number of thiazole rings is 1. The minimum absolute atomic E-state index is 0.0438. The summed E-state index contributed by atoms with van der Waals surface area (Å²) in [6.45, 7) is 8.49. The Bertz CT molecular complexity index is 725. The Morgan fingerprint density at radius 1 is 1.26 bits per heavy atom. The lowest BCUT2D eigenvalue weighted by Gasteiger charge is -2.07. The zero-order chi connectivity index (χ0) is 16.6.